The molecule has 2 aliphatic rings. The van der Waals surface area contributed by atoms with E-state index < -0.39 is 0 Å². The van der Waals surface area contributed by atoms with Gasteiger partial charge in [0.2, 0.25) is 0 Å². The Balaban J connectivity index is 0.000000137. The van der Waals surface area contributed by atoms with Gasteiger partial charge in [0.15, 0.2) is 0 Å². The van der Waals surface area contributed by atoms with E-state index in [0.717, 1.165) is 11.1 Å². The summed E-state index contributed by atoms with van der Waals surface area (Å²) in [4.78, 5) is 8.91. The first-order valence-electron chi connectivity index (χ1n) is 35.2. The van der Waals surface area contributed by atoms with Crippen LogP contribution in [0.1, 0.15) is 0 Å². The van der Waals surface area contributed by atoms with Crippen LogP contribution in [0.5, 0.6) is 0 Å². The SMILES string of the molecule is c1ccc(-c2ccc(-c3ccccc3)c(-c3c4c(c(-c5ccccc5-c5ccccc5)c5ccccc35)-c3cccc5cccc-4c35)c2)cc1.c1ccc(-c2ccc3c4c(ccc(-c5cncnc5)c24)-c2c-3c(-c3ccc4ccccc4c3)c3ccccc3c2-c2ccc3ccccc3c2)cc1. The second kappa shape index (κ2) is 24.2. The molecule has 1 heterocycles. The van der Waals surface area contributed by atoms with Crippen LogP contribution in [0.25, 0.3) is 209 Å². The number of aromatic nitrogens is 2. The molecule has 2 aliphatic carbocycles. The Morgan fingerprint density at radius 2 is 0.480 bits per heavy atom. The molecule has 0 spiro atoms. The van der Waals surface area contributed by atoms with Crippen molar-refractivity contribution in [2.45, 2.75) is 0 Å². The zero-order chi connectivity index (χ0) is 67.2. The Kier molecular flexibility index (Phi) is 14.0. The number of rotatable bonds is 9. The van der Waals surface area contributed by atoms with E-state index in [0.29, 0.717) is 0 Å². The summed E-state index contributed by atoms with van der Waals surface area (Å²) in [6.07, 6.45) is 5.47. The molecule has 0 bridgehead atoms. The van der Waals surface area contributed by atoms with Gasteiger partial charge < -0.3 is 0 Å². The van der Waals surface area contributed by atoms with E-state index in [1.165, 1.54) is 198 Å². The second-order valence-corrected chi connectivity index (χ2v) is 26.9. The summed E-state index contributed by atoms with van der Waals surface area (Å²) in [6.45, 7) is 0. The van der Waals surface area contributed by atoms with Crippen molar-refractivity contribution < 1.29 is 0 Å². The van der Waals surface area contributed by atoms with Gasteiger partial charge in [-0.1, -0.05) is 340 Å². The number of hydrogen-bond acceptors (Lipinski definition) is 2. The summed E-state index contributed by atoms with van der Waals surface area (Å²) in [5.41, 5.74) is 32.3. The fraction of sp³-hybridized carbons (Fsp3) is 0. The van der Waals surface area contributed by atoms with Crippen molar-refractivity contribution >= 4 is 64.6 Å². The fourth-order valence-electron chi connectivity index (χ4n) is 17.0. The second-order valence-electron chi connectivity index (χ2n) is 26.9. The summed E-state index contributed by atoms with van der Waals surface area (Å²) in [7, 11) is 0. The molecular weight excluding hydrogens is 1230 g/mol. The first-order valence-corrected chi connectivity index (χ1v) is 35.2. The molecule has 472 valence electrons. The van der Waals surface area contributed by atoms with E-state index in [9.17, 15) is 0 Å². The minimum Gasteiger partial charge on any atom is -0.244 e. The van der Waals surface area contributed by atoms with Crippen molar-refractivity contribution in [2.24, 2.45) is 0 Å². The maximum Gasteiger partial charge on any atom is 0.115 e. The third kappa shape index (κ3) is 9.49. The summed E-state index contributed by atoms with van der Waals surface area (Å²) < 4.78 is 0. The van der Waals surface area contributed by atoms with Crippen molar-refractivity contribution in [3.63, 3.8) is 0 Å². The van der Waals surface area contributed by atoms with E-state index in [1.807, 2.05) is 12.4 Å². The predicted octanol–water partition coefficient (Wildman–Crippen LogP) is 27.4. The topological polar surface area (TPSA) is 25.8 Å². The lowest BCUT2D eigenvalue weighted by Crippen LogP contribution is -1.96. The summed E-state index contributed by atoms with van der Waals surface area (Å²) >= 11 is 0. The third-order valence-corrected chi connectivity index (χ3v) is 21.4. The zero-order valence-corrected chi connectivity index (χ0v) is 55.7. The van der Waals surface area contributed by atoms with Crippen LogP contribution in [-0.2, 0) is 0 Å². The maximum absolute atomic E-state index is 4.45. The lowest BCUT2D eigenvalue weighted by Gasteiger charge is -2.23. The molecule has 19 aromatic rings. The average molecular weight is 1290 g/mol. The molecule has 0 unspecified atom stereocenters. The van der Waals surface area contributed by atoms with Gasteiger partial charge in [-0.15, -0.1) is 0 Å². The summed E-state index contributed by atoms with van der Waals surface area (Å²) in [5.74, 6) is 0. The molecule has 18 aromatic carbocycles. The smallest absolute Gasteiger partial charge is 0.115 e. The van der Waals surface area contributed by atoms with E-state index in [4.69, 9.17) is 0 Å². The Hall–Kier alpha value is -13.4. The highest BCUT2D eigenvalue weighted by molar-refractivity contribution is 6.32. The van der Waals surface area contributed by atoms with Gasteiger partial charge >= 0.3 is 0 Å². The predicted molar refractivity (Wildman–Crippen MR) is 431 cm³/mol. The number of nitrogens with zero attached hydrogens (tertiary/aromatic N) is 2. The fourth-order valence-corrected chi connectivity index (χ4v) is 17.0. The van der Waals surface area contributed by atoms with E-state index in [2.05, 4.69) is 368 Å². The highest BCUT2D eigenvalue weighted by Crippen LogP contribution is 2.62. The first kappa shape index (κ1) is 58.7. The Labute approximate surface area is 592 Å². The standard InChI is InChI=1S/C50H30N2.C50H32/c1-2-12-33(13-3-1)39-22-24-43-48-44(25-23-40(47(39)48)38-28-51-30-52-29-38)50-46(37-21-19-32-11-5-7-15-35(32)27-37)42-17-9-8-16-41(42)45(49(43)50)36-20-18-31-10-4-6-14-34(31)26-36;1-4-16-33(17-5-1)37-30-31-39(35-20-8-3-9-21-35)45(32-37)48-42-27-13-12-26-41(42)47(40-25-11-10-24-38(40)34-18-6-2-7-19-34)49-43-28-14-22-36-23-15-29-44(46(36)43)50(48)49/h1-30H;1-32H. The summed E-state index contributed by atoms with van der Waals surface area (Å²) in [5, 5.41) is 15.1. The van der Waals surface area contributed by atoms with Crippen LogP contribution >= 0.6 is 0 Å². The van der Waals surface area contributed by atoms with Gasteiger partial charge in [-0.2, -0.15) is 0 Å². The summed E-state index contributed by atoms with van der Waals surface area (Å²) in [6, 6.07) is 132. The van der Waals surface area contributed by atoms with Crippen molar-refractivity contribution in [1.82, 2.24) is 9.97 Å². The van der Waals surface area contributed by atoms with Crippen LogP contribution < -0.4 is 0 Å². The van der Waals surface area contributed by atoms with Gasteiger partial charge in [0, 0.05) is 18.0 Å². The van der Waals surface area contributed by atoms with E-state index in [-0.39, 0.29) is 0 Å². The molecule has 0 saturated carbocycles. The van der Waals surface area contributed by atoms with Crippen molar-refractivity contribution in [3.05, 3.63) is 377 Å². The Bertz CT molecular complexity index is 6370. The quantitative estimate of drug-likeness (QED) is 0.144. The van der Waals surface area contributed by atoms with Gasteiger partial charge in [0.25, 0.3) is 0 Å². The van der Waals surface area contributed by atoms with Crippen molar-refractivity contribution in [3.8, 4) is 145 Å². The van der Waals surface area contributed by atoms with Crippen LogP contribution in [0.4, 0.5) is 0 Å². The van der Waals surface area contributed by atoms with Crippen LogP contribution in [0.15, 0.2) is 377 Å². The molecule has 0 fully saturated rings. The van der Waals surface area contributed by atoms with Crippen LogP contribution in [0.2, 0.25) is 0 Å². The van der Waals surface area contributed by atoms with Crippen molar-refractivity contribution in [2.75, 3.05) is 0 Å². The van der Waals surface area contributed by atoms with Gasteiger partial charge in [0.1, 0.15) is 6.33 Å². The first-order chi connectivity index (χ1) is 50.7. The zero-order valence-electron chi connectivity index (χ0n) is 55.7. The maximum atomic E-state index is 4.45. The molecule has 2 nitrogen and oxygen atoms in total. The Morgan fingerprint density at radius 3 is 1.00 bits per heavy atom. The largest absolute Gasteiger partial charge is 0.244 e. The third-order valence-electron chi connectivity index (χ3n) is 21.4. The van der Waals surface area contributed by atoms with Gasteiger partial charge in [-0.3, -0.25) is 0 Å². The highest BCUT2D eigenvalue weighted by atomic mass is 14.8. The molecular formula is C100H62N2. The monoisotopic (exact) mass is 1290 g/mol. The van der Waals surface area contributed by atoms with E-state index in [1.54, 1.807) is 6.33 Å². The van der Waals surface area contributed by atoms with Gasteiger partial charge in [-0.05, 0) is 222 Å². The highest BCUT2D eigenvalue weighted by Gasteiger charge is 2.35. The molecule has 0 atom stereocenters. The minimum atomic E-state index is 1.01. The molecule has 102 heavy (non-hydrogen) atoms. The number of benzene rings is 18. The van der Waals surface area contributed by atoms with Gasteiger partial charge in [0.05, 0.1) is 0 Å². The van der Waals surface area contributed by atoms with Crippen LogP contribution in [-0.4, -0.2) is 9.97 Å². The van der Waals surface area contributed by atoms with Crippen LogP contribution in [0.3, 0.4) is 0 Å². The normalized spacial score (nSPS) is 11.7. The molecule has 0 aliphatic heterocycles. The van der Waals surface area contributed by atoms with E-state index >= 15 is 0 Å². The Morgan fingerprint density at radius 1 is 0.147 bits per heavy atom. The molecule has 0 saturated heterocycles. The molecule has 0 N–H and O–H groups in total. The molecule has 21 rings (SSSR count). The molecule has 0 radical (unpaired) electrons. The lowest BCUT2D eigenvalue weighted by molar-refractivity contribution is 1.17. The number of hydrogen-bond donors (Lipinski definition) is 0. The molecule has 2 heteroatoms. The number of fused-ring (bicyclic) bond motifs is 10. The van der Waals surface area contributed by atoms with Crippen molar-refractivity contribution in [1.29, 1.82) is 0 Å². The minimum absolute atomic E-state index is 1.01. The molecule has 0 amide bonds. The van der Waals surface area contributed by atoms with Gasteiger partial charge in [-0.25, -0.2) is 9.97 Å². The molecule has 1 aromatic heterocycles. The lowest BCUT2D eigenvalue weighted by atomic mass is 9.79. The average Bonchev–Trinajstić information content (AvgIpc) is 1.58. The van der Waals surface area contributed by atoms with Crippen LogP contribution in [0, 0.1) is 0 Å².